The molecule has 0 saturated heterocycles. The number of nitrogens with one attached hydrogen (secondary N) is 1. The van der Waals surface area contributed by atoms with E-state index in [1.165, 1.54) is 0 Å². The standard InChI is InChI=1S/C15H21N3O/c1-5-11(2)17-15(19)12(3)18(4)14-9-7-6-8-13(14)10-16/h6-9,11-12H,5H2,1-4H3,(H,17,19). The summed E-state index contributed by atoms with van der Waals surface area (Å²) in [5.41, 5.74) is 1.35. The third-order valence-electron chi connectivity index (χ3n) is 3.37. The number of nitrogens with zero attached hydrogens (tertiary/aromatic N) is 2. The molecule has 0 heterocycles. The van der Waals surface area contributed by atoms with Crippen LogP contribution < -0.4 is 10.2 Å². The van der Waals surface area contributed by atoms with Gasteiger partial charge >= 0.3 is 0 Å². The molecule has 0 fully saturated rings. The summed E-state index contributed by atoms with van der Waals surface area (Å²) in [6.45, 7) is 5.85. The fourth-order valence-electron chi connectivity index (χ4n) is 1.73. The van der Waals surface area contributed by atoms with Crippen LogP contribution in [0.4, 0.5) is 5.69 Å². The zero-order valence-corrected chi connectivity index (χ0v) is 12.0. The molecule has 1 amide bonds. The van der Waals surface area contributed by atoms with Crippen molar-refractivity contribution in [2.45, 2.75) is 39.3 Å². The van der Waals surface area contributed by atoms with Crippen LogP contribution in [-0.2, 0) is 4.79 Å². The number of likely N-dealkylation sites (N-methyl/N-ethyl adjacent to an activating group) is 1. The summed E-state index contributed by atoms with van der Waals surface area (Å²) in [6.07, 6.45) is 0.900. The van der Waals surface area contributed by atoms with Gasteiger partial charge < -0.3 is 10.2 Å². The van der Waals surface area contributed by atoms with Crippen molar-refractivity contribution >= 4 is 11.6 Å². The maximum atomic E-state index is 12.1. The zero-order chi connectivity index (χ0) is 14.4. The number of rotatable bonds is 5. The molecule has 0 saturated carbocycles. The third-order valence-corrected chi connectivity index (χ3v) is 3.37. The minimum atomic E-state index is -0.316. The van der Waals surface area contributed by atoms with Gasteiger partial charge in [-0.2, -0.15) is 5.26 Å². The lowest BCUT2D eigenvalue weighted by atomic mass is 10.1. The minimum Gasteiger partial charge on any atom is -0.362 e. The quantitative estimate of drug-likeness (QED) is 0.882. The lowest BCUT2D eigenvalue weighted by Gasteiger charge is -2.28. The second-order valence-corrected chi connectivity index (χ2v) is 4.73. The number of benzene rings is 1. The topological polar surface area (TPSA) is 56.1 Å². The SMILES string of the molecule is CCC(C)NC(=O)C(C)N(C)c1ccccc1C#N. The highest BCUT2D eigenvalue weighted by atomic mass is 16.2. The van der Waals surface area contributed by atoms with Crippen molar-refractivity contribution in [1.29, 1.82) is 5.26 Å². The summed E-state index contributed by atoms with van der Waals surface area (Å²) in [5, 5.41) is 12.0. The van der Waals surface area contributed by atoms with E-state index in [2.05, 4.69) is 11.4 Å². The van der Waals surface area contributed by atoms with E-state index in [4.69, 9.17) is 5.26 Å². The summed E-state index contributed by atoms with van der Waals surface area (Å²) in [6, 6.07) is 9.29. The molecule has 2 atom stereocenters. The molecule has 1 aromatic carbocycles. The van der Waals surface area contributed by atoms with Crippen molar-refractivity contribution in [2.75, 3.05) is 11.9 Å². The highest BCUT2D eigenvalue weighted by Crippen LogP contribution is 2.20. The first-order valence-electron chi connectivity index (χ1n) is 6.53. The third kappa shape index (κ3) is 3.72. The van der Waals surface area contributed by atoms with Crippen molar-refractivity contribution in [3.63, 3.8) is 0 Å². The lowest BCUT2D eigenvalue weighted by molar-refractivity contribution is -0.122. The molecule has 1 N–H and O–H groups in total. The Morgan fingerprint density at radius 2 is 2.05 bits per heavy atom. The number of anilines is 1. The Labute approximate surface area is 115 Å². The van der Waals surface area contributed by atoms with Crippen LogP contribution in [0.5, 0.6) is 0 Å². The van der Waals surface area contributed by atoms with E-state index in [0.717, 1.165) is 12.1 Å². The molecule has 2 unspecified atom stereocenters. The molecule has 0 aliphatic rings. The van der Waals surface area contributed by atoms with E-state index in [1.807, 2.05) is 50.9 Å². The van der Waals surface area contributed by atoms with Crippen LogP contribution >= 0.6 is 0 Å². The summed E-state index contributed by atoms with van der Waals surface area (Å²) in [7, 11) is 1.83. The number of carbonyl (C=O) groups excluding carboxylic acids is 1. The summed E-state index contributed by atoms with van der Waals surface area (Å²) < 4.78 is 0. The van der Waals surface area contributed by atoms with Crippen LogP contribution in [0.15, 0.2) is 24.3 Å². The molecule has 1 rings (SSSR count). The van der Waals surface area contributed by atoms with Crippen LogP contribution in [0, 0.1) is 11.3 Å². The zero-order valence-electron chi connectivity index (χ0n) is 12.0. The predicted octanol–water partition coefficient (Wildman–Crippen LogP) is 2.30. The lowest BCUT2D eigenvalue weighted by Crippen LogP contribution is -2.46. The largest absolute Gasteiger partial charge is 0.362 e. The van der Waals surface area contributed by atoms with Gasteiger partial charge in [-0.1, -0.05) is 19.1 Å². The van der Waals surface area contributed by atoms with E-state index in [1.54, 1.807) is 6.07 Å². The number of nitriles is 1. The minimum absolute atomic E-state index is 0.0235. The fourth-order valence-corrected chi connectivity index (χ4v) is 1.73. The first-order valence-corrected chi connectivity index (χ1v) is 6.53. The molecule has 0 radical (unpaired) electrons. The van der Waals surface area contributed by atoms with Crippen LogP contribution in [0.25, 0.3) is 0 Å². The Hall–Kier alpha value is -2.02. The second-order valence-electron chi connectivity index (χ2n) is 4.73. The summed E-state index contributed by atoms with van der Waals surface area (Å²) >= 11 is 0. The molecular formula is C15H21N3O. The summed E-state index contributed by atoms with van der Waals surface area (Å²) in [4.78, 5) is 13.9. The van der Waals surface area contributed by atoms with Crippen LogP contribution in [0.1, 0.15) is 32.8 Å². The summed E-state index contributed by atoms with van der Waals surface area (Å²) in [5.74, 6) is -0.0235. The number of hydrogen-bond donors (Lipinski definition) is 1. The van der Waals surface area contributed by atoms with Gasteiger partial charge in [-0.05, 0) is 32.4 Å². The maximum Gasteiger partial charge on any atom is 0.242 e. The first kappa shape index (κ1) is 15.0. The molecule has 0 spiro atoms. The van der Waals surface area contributed by atoms with Crippen molar-refractivity contribution in [2.24, 2.45) is 0 Å². The number of amides is 1. The number of hydrogen-bond acceptors (Lipinski definition) is 3. The van der Waals surface area contributed by atoms with Gasteiger partial charge in [-0.3, -0.25) is 4.79 Å². The second kappa shape index (κ2) is 6.79. The van der Waals surface area contributed by atoms with Crippen molar-refractivity contribution in [3.8, 4) is 6.07 Å². The molecule has 0 bridgehead atoms. The van der Waals surface area contributed by atoms with Gasteiger partial charge in [0.2, 0.25) is 5.91 Å². The fraction of sp³-hybridized carbons (Fsp3) is 0.467. The Balaban J connectivity index is 2.85. The molecule has 102 valence electrons. The van der Waals surface area contributed by atoms with E-state index in [-0.39, 0.29) is 18.0 Å². The molecule has 0 aliphatic heterocycles. The van der Waals surface area contributed by atoms with Crippen LogP contribution in [-0.4, -0.2) is 25.0 Å². The molecule has 4 heteroatoms. The van der Waals surface area contributed by atoms with E-state index in [9.17, 15) is 4.79 Å². The van der Waals surface area contributed by atoms with Gasteiger partial charge in [0.25, 0.3) is 0 Å². The Bertz CT molecular complexity index is 479. The van der Waals surface area contributed by atoms with Gasteiger partial charge in [0.15, 0.2) is 0 Å². The molecule has 0 aliphatic carbocycles. The number of carbonyl (C=O) groups is 1. The van der Waals surface area contributed by atoms with Crippen LogP contribution in [0.2, 0.25) is 0 Å². The van der Waals surface area contributed by atoms with Gasteiger partial charge in [0.05, 0.1) is 11.3 Å². The number of para-hydroxylation sites is 1. The van der Waals surface area contributed by atoms with Crippen molar-refractivity contribution in [1.82, 2.24) is 5.32 Å². The van der Waals surface area contributed by atoms with Crippen molar-refractivity contribution in [3.05, 3.63) is 29.8 Å². The highest BCUT2D eigenvalue weighted by Gasteiger charge is 2.21. The van der Waals surface area contributed by atoms with Gasteiger partial charge in [0, 0.05) is 13.1 Å². The van der Waals surface area contributed by atoms with Gasteiger partial charge in [-0.15, -0.1) is 0 Å². The Morgan fingerprint density at radius 3 is 2.63 bits per heavy atom. The molecule has 4 nitrogen and oxygen atoms in total. The Morgan fingerprint density at radius 1 is 1.42 bits per heavy atom. The molecular weight excluding hydrogens is 238 g/mol. The average molecular weight is 259 g/mol. The molecule has 1 aromatic rings. The monoisotopic (exact) mass is 259 g/mol. The normalized spacial score (nSPS) is 13.2. The van der Waals surface area contributed by atoms with E-state index < -0.39 is 0 Å². The predicted molar refractivity (Wildman–Crippen MR) is 76.9 cm³/mol. The van der Waals surface area contributed by atoms with Crippen molar-refractivity contribution < 1.29 is 4.79 Å². The average Bonchev–Trinajstić information content (AvgIpc) is 2.45. The van der Waals surface area contributed by atoms with E-state index >= 15 is 0 Å². The molecule has 19 heavy (non-hydrogen) atoms. The van der Waals surface area contributed by atoms with Gasteiger partial charge in [-0.25, -0.2) is 0 Å². The Kier molecular flexibility index (Phi) is 5.37. The molecule has 0 aromatic heterocycles. The van der Waals surface area contributed by atoms with E-state index in [0.29, 0.717) is 5.56 Å². The smallest absolute Gasteiger partial charge is 0.242 e. The van der Waals surface area contributed by atoms with Gasteiger partial charge in [0.1, 0.15) is 12.1 Å². The first-order chi connectivity index (χ1) is 9.01. The van der Waals surface area contributed by atoms with Crippen LogP contribution in [0.3, 0.4) is 0 Å². The maximum absolute atomic E-state index is 12.1. The highest BCUT2D eigenvalue weighted by molar-refractivity contribution is 5.85.